The van der Waals surface area contributed by atoms with Gasteiger partial charge in [0.05, 0.1) is 0 Å². The maximum absolute atomic E-state index is 2.52. The quantitative estimate of drug-likeness (QED) is 0.550. The Labute approximate surface area is 67.6 Å². The predicted octanol–water partition coefficient (Wildman–Crippen LogP) is 3.44. The first-order valence-corrected chi connectivity index (χ1v) is 7.12. The first-order valence-electron chi connectivity index (χ1n) is 4.63. The Balaban J connectivity index is 3.69. The summed E-state index contributed by atoms with van der Waals surface area (Å²) in [6.07, 6.45) is 2.77. The second-order valence-electron chi connectivity index (χ2n) is 3.63. The summed E-state index contributed by atoms with van der Waals surface area (Å²) in [5.41, 5.74) is 2.07. The highest BCUT2D eigenvalue weighted by Gasteiger charge is 2.16. The zero-order valence-electron chi connectivity index (χ0n) is 8.15. The van der Waals surface area contributed by atoms with Crippen molar-refractivity contribution < 1.29 is 0 Å². The van der Waals surface area contributed by atoms with Gasteiger partial charge < -0.3 is 0 Å². The minimum Gasteiger partial charge on any atom is -0.0716 e. The van der Waals surface area contributed by atoms with E-state index in [-0.39, 0.29) is 0 Å². The van der Waals surface area contributed by atoms with E-state index in [9.17, 15) is 0 Å². The average Bonchev–Trinajstić information content (AvgIpc) is 2.00. The van der Waals surface area contributed by atoms with Gasteiger partial charge in [0.25, 0.3) is 0 Å². The number of hydrogen-bond acceptors (Lipinski definition) is 0. The van der Waals surface area contributed by atoms with Gasteiger partial charge in [0.1, 0.15) is 0 Å². The summed E-state index contributed by atoms with van der Waals surface area (Å²) >= 11 is 0. The molecule has 0 amide bonds. The molecule has 0 aliphatic heterocycles. The first-order chi connectivity index (χ1) is 4.63. The SMILES string of the molecule is CCC(C)[SiH](C)C(C)CC. The van der Waals surface area contributed by atoms with E-state index in [2.05, 4.69) is 34.2 Å². The molecule has 0 N–H and O–H groups in total. The summed E-state index contributed by atoms with van der Waals surface area (Å²) in [6.45, 7) is 12.0. The molecule has 0 aliphatic carbocycles. The third-order valence-corrected chi connectivity index (χ3v) is 7.62. The lowest BCUT2D eigenvalue weighted by Gasteiger charge is -2.22. The molecule has 1 heteroatoms. The molecule has 10 heavy (non-hydrogen) atoms. The van der Waals surface area contributed by atoms with E-state index in [1.807, 2.05) is 0 Å². The fourth-order valence-electron chi connectivity index (χ4n) is 1.30. The van der Waals surface area contributed by atoms with Crippen LogP contribution in [-0.2, 0) is 0 Å². The molecule has 0 saturated carbocycles. The minimum atomic E-state index is -0.390. The van der Waals surface area contributed by atoms with Gasteiger partial charge in [0, 0.05) is 8.80 Å². The summed E-state index contributed by atoms with van der Waals surface area (Å²) in [5.74, 6) is 0. The summed E-state index contributed by atoms with van der Waals surface area (Å²) in [4.78, 5) is 0. The molecule has 0 saturated heterocycles. The van der Waals surface area contributed by atoms with Crippen LogP contribution in [0.5, 0.6) is 0 Å². The Morgan fingerprint density at radius 2 is 1.30 bits per heavy atom. The van der Waals surface area contributed by atoms with Crippen molar-refractivity contribution in [2.24, 2.45) is 0 Å². The van der Waals surface area contributed by atoms with E-state index in [0.29, 0.717) is 0 Å². The van der Waals surface area contributed by atoms with Gasteiger partial charge >= 0.3 is 0 Å². The molecule has 0 nitrogen and oxygen atoms in total. The maximum Gasteiger partial charge on any atom is 0.0393 e. The van der Waals surface area contributed by atoms with E-state index in [1.54, 1.807) is 0 Å². The van der Waals surface area contributed by atoms with Crippen LogP contribution in [0.15, 0.2) is 0 Å². The van der Waals surface area contributed by atoms with Crippen molar-refractivity contribution in [2.45, 2.75) is 58.2 Å². The average molecular weight is 158 g/mol. The van der Waals surface area contributed by atoms with Gasteiger partial charge in [-0.15, -0.1) is 0 Å². The summed E-state index contributed by atoms with van der Waals surface area (Å²) < 4.78 is 0. The normalized spacial score (nSPS) is 20.1. The van der Waals surface area contributed by atoms with Gasteiger partial charge in [-0.05, 0) is 0 Å². The molecule has 0 aliphatic rings. The van der Waals surface area contributed by atoms with Gasteiger partial charge in [0.15, 0.2) is 0 Å². The smallest absolute Gasteiger partial charge is 0.0393 e. The van der Waals surface area contributed by atoms with Crippen LogP contribution in [-0.4, -0.2) is 8.80 Å². The van der Waals surface area contributed by atoms with Gasteiger partial charge in [-0.2, -0.15) is 0 Å². The van der Waals surface area contributed by atoms with Gasteiger partial charge in [-0.25, -0.2) is 0 Å². The molecule has 0 fully saturated rings. The lowest BCUT2D eigenvalue weighted by atomic mass is 10.3. The van der Waals surface area contributed by atoms with Crippen molar-refractivity contribution in [1.29, 1.82) is 0 Å². The van der Waals surface area contributed by atoms with Crippen LogP contribution in [0.2, 0.25) is 17.6 Å². The fraction of sp³-hybridized carbons (Fsp3) is 1.00. The van der Waals surface area contributed by atoms with Crippen molar-refractivity contribution in [3.8, 4) is 0 Å². The number of hydrogen-bond donors (Lipinski definition) is 0. The fourth-order valence-corrected chi connectivity index (χ4v) is 3.91. The van der Waals surface area contributed by atoms with Crippen molar-refractivity contribution in [2.75, 3.05) is 0 Å². The third-order valence-electron chi connectivity index (χ3n) is 3.08. The van der Waals surface area contributed by atoms with Gasteiger partial charge in [0.2, 0.25) is 0 Å². The van der Waals surface area contributed by atoms with Crippen LogP contribution in [0.4, 0.5) is 0 Å². The van der Waals surface area contributed by atoms with Crippen LogP contribution in [0, 0.1) is 0 Å². The Morgan fingerprint density at radius 3 is 1.50 bits per heavy atom. The molecule has 2 atom stereocenters. The highest BCUT2D eigenvalue weighted by atomic mass is 28.3. The van der Waals surface area contributed by atoms with Crippen molar-refractivity contribution in [3.05, 3.63) is 0 Å². The molecule has 0 aromatic rings. The molecule has 0 aromatic carbocycles. The summed E-state index contributed by atoms with van der Waals surface area (Å²) in [7, 11) is -0.390. The van der Waals surface area contributed by atoms with Crippen LogP contribution in [0.1, 0.15) is 40.5 Å². The Bertz CT molecular complexity index is 70.8. The van der Waals surface area contributed by atoms with Crippen molar-refractivity contribution in [3.63, 3.8) is 0 Å². The second-order valence-corrected chi connectivity index (χ2v) is 7.62. The van der Waals surface area contributed by atoms with E-state index in [1.165, 1.54) is 12.8 Å². The third kappa shape index (κ3) is 2.87. The summed E-state index contributed by atoms with van der Waals surface area (Å²) in [6, 6.07) is 0. The molecule has 62 valence electrons. The lowest BCUT2D eigenvalue weighted by molar-refractivity contribution is 0.784. The van der Waals surface area contributed by atoms with Gasteiger partial charge in [-0.3, -0.25) is 0 Å². The molecule has 0 radical (unpaired) electrons. The van der Waals surface area contributed by atoms with Crippen molar-refractivity contribution >= 4 is 8.80 Å². The largest absolute Gasteiger partial charge is 0.0716 e. The van der Waals surface area contributed by atoms with E-state index >= 15 is 0 Å². The van der Waals surface area contributed by atoms with Crippen LogP contribution < -0.4 is 0 Å². The second kappa shape index (κ2) is 4.95. The summed E-state index contributed by atoms with van der Waals surface area (Å²) in [5, 5.41) is 0. The monoisotopic (exact) mass is 158 g/mol. The highest BCUT2D eigenvalue weighted by Crippen LogP contribution is 2.25. The Hall–Kier alpha value is 0.217. The predicted molar refractivity (Wildman–Crippen MR) is 52.4 cm³/mol. The van der Waals surface area contributed by atoms with Crippen LogP contribution in [0.25, 0.3) is 0 Å². The van der Waals surface area contributed by atoms with E-state index in [0.717, 1.165) is 11.1 Å². The molecule has 0 spiro atoms. The molecule has 0 heterocycles. The molecule has 2 unspecified atom stereocenters. The van der Waals surface area contributed by atoms with Crippen LogP contribution >= 0.6 is 0 Å². The zero-order valence-corrected chi connectivity index (χ0v) is 9.30. The van der Waals surface area contributed by atoms with E-state index < -0.39 is 8.80 Å². The molecular weight excluding hydrogens is 136 g/mol. The van der Waals surface area contributed by atoms with Gasteiger partial charge in [-0.1, -0.05) is 58.2 Å². The molecule has 0 aromatic heterocycles. The molecular formula is C9H22Si. The topological polar surface area (TPSA) is 0 Å². The Morgan fingerprint density at radius 1 is 1.00 bits per heavy atom. The highest BCUT2D eigenvalue weighted by molar-refractivity contribution is 6.60. The molecule has 0 bridgehead atoms. The van der Waals surface area contributed by atoms with Crippen LogP contribution in [0.3, 0.4) is 0 Å². The first kappa shape index (κ1) is 10.2. The lowest BCUT2D eigenvalue weighted by Crippen LogP contribution is -2.18. The minimum absolute atomic E-state index is 0.390. The Kier molecular flexibility index (Phi) is 5.05. The molecule has 0 rings (SSSR count). The van der Waals surface area contributed by atoms with Crippen molar-refractivity contribution in [1.82, 2.24) is 0 Å². The van der Waals surface area contributed by atoms with E-state index in [4.69, 9.17) is 0 Å². The maximum atomic E-state index is 2.52. The zero-order chi connectivity index (χ0) is 8.15. The number of rotatable bonds is 4. The standard InChI is InChI=1S/C9H22Si/c1-6-8(3)10(5)9(4)7-2/h8-10H,6-7H2,1-5H3.